The fraction of sp³-hybridized carbons (Fsp3) is 0.125. The summed E-state index contributed by atoms with van der Waals surface area (Å²) in [5.74, 6) is -0.596. The second kappa shape index (κ2) is 11.0. The van der Waals surface area contributed by atoms with Crippen LogP contribution in [0.5, 0.6) is 5.75 Å². The first-order chi connectivity index (χ1) is 15.1. The van der Waals surface area contributed by atoms with Crippen LogP contribution >= 0.6 is 0 Å². The molecular weight excluding hydrogens is 394 g/mol. The molecule has 0 saturated heterocycles. The highest BCUT2D eigenvalue weighted by Crippen LogP contribution is 2.19. The third-order valence-corrected chi connectivity index (χ3v) is 4.16. The zero-order valence-corrected chi connectivity index (χ0v) is 16.7. The van der Waals surface area contributed by atoms with E-state index in [0.29, 0.717) is 17.9 Å². The van der Waals surface area contributed by atoms with Gasteiger partial charge in [-0.15, -0.1) is 0 Å². The maximum absolute atomic E-state index is 11.9. The Balaban J connectivity index is 1.37. The zero-order valence-electron chi connectivity index (χ0n) is 16.7. The number of ether oxygens (including phenoxy) is 2. The van der Waals surface area contributed by atoms with Crippen LogP contribution in [0.2, 0.25) is 0 Å². The molecule has 7 nitrogen and oxygen atoms in total. The third kappa shape index (κ3) is 7.22. The third-order valence-electron chi connectivity index (χ3n) is 4.16. The molecule has 0 aliphatic rings. The van der Waals surface area contributed by atoms with E-state index in [-0.39, 0.29) is 6.61 Å². The largest absolute Gasteiger partial charge is 0.482 e. The number of anilines is 3. The number of amides is 1. The van der Waals surface area contributed by atoms with Gasteiger partial charge < -0.3 is 20.1 Å². The summed E-state index contributed by atoms with van der Waals surface area (Å²) < 4.78 is 10.3. The molecule has 3 rings (SSSR count). The number of esters is 1. The maximum Gasteiger partial charge on any atom is 0.344 e. The molecule has 3 aromatic carbocycles. The Kier molecular flexibility index (Phi) is 7.61. The number of hydrogen-bond donors (Lipinski definition) is 2. The molecule has 0 bridgehead atoms. The maximum atomic E-state index is 11.9. The number of nitrogens with zero attached hydrogens (tertiary/aromatic N) is 1. The lowest BCUT2D eigenvalue weighted by molar-refractivity contribution is -0.149. The van der Waals surface area contributed by atoms with E-state index in [1.807, 2.05) is 42.5 Å². The van der Waals surface area contributed by atoms with Gasteiger partial charge in [0.25, 0.3) is 5.91 Å². The van der Waals surface area contributed by atoms with Crippen molar-refractivity contribution in [2.24, 2.45) is 0 Å². The van der Waals surface area contributed by atoms with Crippen molar-refractivity contribution in [1.29, 1.82) is 5.26 Å². The zero-order chi connectivity index (χ0) is 21.9. The van der Waals surface area contributed by atoms with Gasteiger partial charge in [0.05, 0.1) is 12.5 Å². The number of hydrogen-bond acceptors (Lipinski definition) is 6. The predicted molar refractivity (Wildman–Crippen MR) is 117 cm³/mol. The Morgan fingerprint density at radius 3 is 2.13 bits per heavy atom. The highest BCUT2D eigenvalue weighted by Gasteiger charge is 2.09. The van der Waals surface area contributed by atoms with Crippen LogP contribution in [0.1, 0.15) is 5.56 Å². The van der Waals surface area contributed by atoms with E-state index in [2.05, 4.69) is 16.7 Å². The standard InChI is InChI=1S/C24H21N3O4/c25-15-14-18-6-8-21(9-7-18)27-23(28)16-31-24(29)17-30-22-12-10-20(11-13-22)26-19-4-2-1-3-5-19/h1-13,26H,14,16-17H2,(H,27,28). The van der Waals surface area contributed by atoms with Gasteiger partial charge in [-0.05, 0) is 54.1 Å². The monoisotopic (exact) mass is 415 g/mol. The van der Waals surface area contributed by atoms with E-state index in [0.717, 1.165) is 16.9 Å². The van der Waals surface area contributed by atoms with Gasteiger partial charge in [0.1, 0.15) is 5.75 Å². The molecule has 0 saturated carbocycles. The Labute approximate surface area is 180 Å². The lowest BCUT2D eigenvalue weighted by Gasteiger charge is -2.09. The molecule has 0 aliphatic heterocycles. The van der Waals surface area contributed by atoms with E-state index in [4.69, 9.17) is 14.7 Å². The SMILES string of the molecule is N#CCc1ccc(NC(=O)COC(=O)COc2ccc(Nc3ccccc3)cc2)cc1. The molecule has 0 spiro atoms. The highest BCUT2D eigenvalue weighted by atomic mass is 16.6. The van der Waals surface area contributed by atoms with Crippen LogP contribution in [-0.4, -0.2) is 25.1 Å². The summed E-state index contributed by atoms with van der Waals surface area (Å²) in [5, 5.41) is 14.5. The van der Waals surface area contributed by atoms with Gasteiger partial charge in [-0.2, -0.15) is 5.26 Å². The molecule has 0 fully saturated rings. The minimum Gasteiger partial charge on any atom is -0.482 e. The van der Waals surface area contributed by atoms with Crippen LogP contribution in [0.25, 0.3) is 0 Å². The van der Waals surface area contributed by atoms with Crippen molar-refractivity contribution in [3.05, 3.63) is 84.4 Å². The van der Waals surface area contributed by atoms with Crippen LogP contribution in [-0.2, 0) is 20.7 Å². The van der Waals surface area contributed by atoms with Gasteiger partial charge in [-0.25, -0.2) is 4.79 Å². The highest BCUT2D eigenvalue weighted by molar-refractivity contribution is 5.92. The quantitative estimate of drug-likeness (QED) is 0.511. The van der Waals surface area contributed by atoms with E-state index in [1.165, 1.54) is 0 Å². The Morgan fingerprint density at radius 1 is 0.806 bits per heavy atom. The summed E-state index contributed by atoms with van der Waals surface area (Å²) in [7, 11) is 0. The van der Waals surface area contributed by atoms with Gasteiger partial charge in [-0.3, -0.25) is 4.79 Å². The van der Waals surface area contributed by atoms with Gasteiger partial charge in [-0.1, -0.05) is 30.3 Å². The Bertz CT molecular complexity index is 1040. The van der Waals surface area contributed by atoms with E-state index in [9.17, 15) is 9.59 Å². The molecule has 31 heavy (non-hydrogen) atoms. The van der Waals surface area contributed by atoms with Gasteiger partial charge in [0.15, 0.2) is 13.2 Å². The summed E-state index contributed by atoms with van der Waals surface area (Å²) >= 11 is 0. The molecule has 1 amide bonds. The molecule has 156 valence electrons. The average Bonchev–Trinajstić information content (AvgIpc) is 2.79. The number of rotatable bonds is 9. The van der Waals surface area contributed by atoms with Crippen LogP contribution in [0.3, 0.4) is 0 Å². The summed E-state index contributed by atoms with van der Waals surface area (Å²) in [5.41, 5.74) is 3.27. The molecule has 3 aromatic rings. The summed E-state index contributed by atoms with van der Waals surface area (Å²) in [6.07, 6.45) is 0.304. The fourth-order valence-corrected chi connectivity index (χ4v) is 2.65. The number of benzene rings is 3. The van der Waals surface area contributed by atoms with Crippen molar-refractivity contribution in [2.45, 2.75) is 6.42 Å². The summed E-state index contributed by atoms with van der Waals surface area (Å²) in [4.78, 5) is 23.7. The van der Waals surface area contributed by atoms with Crippen LogP contribution in [0.4, 0.5) is 17.1 Å². The molecular formula is C24H21N3O4. The van der Waals surface area contributed by atoms with Crippen molar-refractivity contribution in [1.82, 2.24) is 0 Å². The average molecular weight is 415 g/mol. The van der Waals surface area contributed by atoms with Crippen LogP contribution < -0.4 is 15.4 Å². The molecule has 7 heteroatoms. The minimum atomic E-state index is -0.647. The predicted octanol–water partition coefficient (Wildman–Crippen LogP) is 4.06. The number of carbonyl (C=O) groups is 2. The van der Waals surface area contributed by atoms with Gasteiger partial charge in [0.2, 0.25) is 0 Å². The number of para-hydroxylation sites is 1. The molecule has 0 atom stereocenters. The first-order valence-electron chi connectivity index (χ1n) is 9.59. The molecule has 0 aromatic heterocycles. The fourth-order valence-electron chi connectivity index (χ4n) is 2.65. The number of carbonyl (C=O) groups excluding carboxylic acids is 2. The molecule has 2 N–H and O–H groups in total. The van der Waals surface area contributed by atoms with Crippen molar-refractivity contribution >= 4 is 28.9 Å². The summed E-state index contributed by atoms with van der Waals surface area (Å²) in [6, 6.07) is 25.8. The van der Waals surface area contributed by atoms with E-state index >= 15 is 0 Å². The van der Waals surface area contributed by atoms with E-state index < -0.39 is 18.5 Å². The second-order valence-corrected chi connectivity index (χ2v) is 6.54. The van der Waals surface area contributed by atoms with Crippen molar-refractivity contribution in [3.8, 4) is 11.8 Å². The second-order valence-electron chi connectivity index (χ2n) is 6.54. The van der Waals surface area contributed by atoms with Gasteiger partial charge >= 0.3 is 5.97 Å². The van der Waals surface area contributed by atoms with Crippen molar-refractivity contribution in [2.75, 3.05) is 23.8 Å². The number of nitrogens with one attached hydrogen (secondary N) is 2. The smallest absolute Gasteiger partial charge is 0.344 e. The molecule has 0 unspecified atom stereocenters. The van der Waals surface area contributed by atoms with Crippen LogP contribution in [0.15, 0.2) is 78.9 Å². The Morgan fingerprint density at radius 2 is 1.45 bits per heavy atom. The molecule has 0 heterocycles. The topological polar surface area (TPSA) is 100 Å². The van der Waals surface area contributed by atoms with E-state index in [1.54, 1.807) is 36.4 Å². The Hall–Kier alpha value is -4.31. The minimum absolute atomic E-state index is 0.304. The molecule has 0 aliphatic carbocycles. The summed E-state index contributed by atoms with van der Waals surface area (Å²) in [6.45, 7) is -0.719. The first kappa shape index (κ1) is 21.4. The van der Waals surface area contributed by atoms with Crippen molar-refractivity contribution in [3.63, 3.8) is 0 Å². The first-order valence-corrected chi connectivity index (χ1v) is 9.59. The lowest BCUT2D eigenvalue weighted by atomic mass is 10.1. The lowest BCUT2D eigenvalue weighted by Crippen LogP contribution is -2.23. The van der Waals surface area contributed by atoms with Crippen molar-refractivity contribution < 1.29 is 19.1 Å². The normalized spacial score (nSPS) is 9.90. The van der Waals surface area contributed by atoms with Gasteiger partial charge in [0, 0.05) is 17.1 Å². The molecule has 0 radical (unpaired) electrons. The number of nitriles is 1. The van der Waals surface area contributed by atoms with Crippen LogP contribution in [0, 0.1) is 11.3 Å².